The molecule has 0 bridgehead atoms. The third kappa shape index (κ3) is 2.49. The van der Waals surface area contributed by atoms with Crippen molar-refractivity contribution >= 4 is 17.5 Å². The molecule has 1 aromatic rings. The molecule has 3 atom stereocenters. The van der Waals surface area contributed by atoms with E-state index < -0.39 is 0 Å². The zero-order valence-electron chi connectivity index (χ0n) is 11.0. The van der Waals surface area contributed by atoms with Crippen molar-refractivity contribution in [1.29, 1.82) is 0 Å². The number of carbonyl (C=O) groups is 1. The van der Waals surface area contributed by atoms with Gasteiger partial charge in [0, 0.05) is 18.0 Å². The lowest BCUT2D eigenvalue weighted by molar-refractivity contribution is 0.0946. The standard InChI is InChI=1S/C15H18ClNO2/c1-9-6-12(8-19-9)14(16)11-3-2-10-4-5-17-15(18)13(10)7-11/h2-3,7,9,12,14H,4-6,8H2,1H3,(H,17,18). The lowest BCUT2D eigenvalue weighted by Gasteiger charge is -2.21. The zero-order valence-corrected chi connectivity index (χ0v) is 11.7. The number of halogens is 1. The number of hydrogen-bond acceptors (Lipinski definition) is 2. The Morgan fingerprint density at radius 1 is 1.47 bits per heavy atom. The van der Waals surface area contributed by atoms with Gasteiger partial charge in [0.2, 0.25) is 0 Å². The van der Waals surface area contributed by atoms with Crippen LogP contribution in [0.25, 0.3) is 0 Å². The molecule has 1 saturated heterocycles. The Morgan fingerprint density at radius 3 is 3.05 bits per heavy atom. The molecule has 0 aliphatic carbocycles. The van der Waals surface area contributed by atoms with Crippen molar-refractivity contribution in [2.75, 3.05) is 13.2 Å². The number of rotatable bonds is 2. The molecule has 3 rings (SSSR count). The maximum absolute atomic E-state index is 11.9. The second-order valence-electron chi connectivity index (χ2n) is 5.46. The molecular formula is C15H18ClNO2. The van der Waals surface area contributed by atoms with Crippen LogP contribution >= 0.6 is 11.6 Å². The Morgan fingerprint density at radius 2 is 2.32 bits per heavy atom. The summed E-state index contributed by atoms with van der Waals surface area (Å²) in [5.41, 5.74) is 2.92. The predicted octanol–water partition coefficient (Wildman–Crippen LogP) is 2.68. The van der Waals surface area contributed by atoms with Gasteiger partial charge in [0.1, 0.15) is 0 Å². The van der Waals surface area contributed by atoms with E-state index in [0.29, 0.717) is 12.5 Å². The number of alkyl halides is 1. The zero-order chi connectivity index (χ0) is 13.4. The Balaban J connectivity index is 1.85. The van der Waals surface area contributed by atoms with Crippen molar-refractivity contribution in [2.45, 2.75) is 31.2 Å². The first-order valence-corrected chi connectivity index (χ1v) is 7.25. The van der Waals surface area contributed by atoms with Crippen LogP contribution in [0.3, 0.4) is 0 Å². The van der Waals surface area contributed by atoms with Crippen LogP contribution in [0.15, 0.2) is 18.2 Å². The van der Waals surface area contributed by atoms with Crippen molar-refractivity contribution in [2.24, 2.45) is 5.92 Å². The second-order valence-corrected chi connectivity index (χ2v) is 5.93. The lowest BCUT2D eigenvalue weighted by Crippen LogP contribution is -2.31. The highest BCUT2D eigenvalue weighted by atomic mass is 35.5. The first-order chi connectivity index (χ1) is 9.15. The van der Waals surface area contributed by atoms with Gasteiger partial charge in [-0.25, -0.2) is 0 Å². The van der Waals surface area contributed by atoms with E-state index in [4.69, 9.17) is 16.3 Å². The summed E-state index contributed by atoms with van der Waals surface area (Å²) >= 11 is 6.56. The Kier molecular flexibility index (Phi) is 3.50. The fraction of sp³-hybridized carbons (Fsp3) is 0.533. The molecule has 19 heavy (non-hydrogen) atoms. The number of hydrogen-bond donors (Lipinski definition) is 1. The van der Waals surface area contributed by atoms with E-state index in [9.17, 15) is 4.79 Å². The average Bonchev–Trinajstić information content (AvgIpc) is 2.85. The summed E-state index contributed by atoms with van der Waals surface area (Å²) in [5.74, 6) is 0.351. The summed E-state index contributed by atoms with van der Waals surface area (Å²) in [7, 11) is 0. The quantitative estimate of drug-likeness (QED) is 0.846. The van der Waals surface area contributed by atoms with E-state index in [1.54, 1.807) is 0 Å². The first-order valence-electron chi connectivity index (χ1n) is 6.82. The first kappa shape index (κ1) is 12.9. The van der Waals surface area contributed by atoms with Crippen molar-refractivity contribution < 1.29 is 9.53 Å². The third-order valence-electron chi connectivity index (χ3n) is 4.02. The van der Waals surface area contributed by atoms with Gasteiger partial charge in [0.05, 0.1) is 18.1 Å². The highest BCUT2D eigenvalue weighted by Crippen LogP contribution is 2.37. The molecule has 1 amide bonds. The van der Waals surface area contributed by atoms with Gasteiger partial charge in [-0.05, 0) is 37.0 Å². The van der Waals surface area contributed by atoms with Crippen molar-refractivity contribution in [3.05, 3.63) is 34.9 Å². The average molecular weight is 280 g/mol. The SMILES string of the molecule is CC1CC(C(Cl)c2ccc3c(c2)C(=O)NCC3)CO1. The number of amides is 1. The maximum atomic E-state index is 11.9. The number of nitrogens with one attached hydrogen (secondary N) is 1. The third-order valence-corrected chi connectivity index (χ3v) is 4.63. The van der Waals surface area contributed by atoms with Gasteiger partial charge in [-0.2, -0.15) is 0 Å². The van der Waals surface area contributed by atoms with Gasteiger partial charge < -0.3 is 10.1 Å². The molecule has 4 heteroatoms. The number of ether oxygens (including phenoxy) is 1. The minimum Gasteiger partial charge on any atom is -0.378 e. The normalized spacial score (nSPS) is 27.8. The fourth-order valence-electron chi connectivity index (χ4n) is 2.93. The van der Waals surface area contributed by atoms with E-state index in [-0.39, 0.29) is 17.4 Å². The van der Waals surface area contributed by atoms with Crippen molar-refractivity contribution in [3.8, 4) is 0 Å². The van der Waals surface area contributed by atoms with Crippen LogP contribution in [0.1, 0.15) is 40.2 Å². The molecule has 0 saturated carbocycles. The van der Waals surface area contributed by atoms with Gasteiger partial charge in [0.25, 0.3) is 5.91 Å². The Hall–Kier alpha value is -1.06. The molecule has 102 valence electrons. The molecule has 0 spiro atoms. The summed E-state index contributed by atoms with van der Waals surface area (Å²) in [6.45, 7) is 3.51. The molecule has 2 aliphatic rings. The van der Waals surface area contributed by atoms with Crippen LogP contribution in [0, 0.1) is 5.92 Å². The van der Waals surface area contributed by atoms with Crippen LogP contribution < -0.4 is 5.32 Å². The van der Waals surface area contributed by atoms with Crippen molar-refractivity contribution in [1.82, 2.24) is 5.32 Å². The number of carbonyl (C=O) groups excluding carboxylic acids is 1. The van der Waals surface area contributed by atoms with Gasteiger partial charge >= 0.3 is 0 Å². The summed E-state index contributed by atoms with van der Waals surface area (Å²) in [6, 6.07) is 6.04. The topological polar surface area (TPSA) is 38.3 Å². The van der Waals surface area contributed by atoms with Crippen LogP contribution in [0.2, 0.25) is 0 Å². The van der Waals surface area contributed by atoms with Crippen LogP contribution in [0.4, 0.5) is 0 Å². The van der Waals surface area contributed by atoms with Crippen molar-refractivity contribution in [3.63, 3.8) is 0 Å². The molecule has 0 radical (unpaired) electrons. The van der Waals surface area contributed by atoms with Gasteiger partial charge in [-0.3, -0.25) is 4.79 Å². The molecule has 3 nitrogen and oxygen atoms in total. The summed E-state index contributed by atoms with van der Waals surface area (Å²) in [5, 5.41) is 2.80. The molecule has 1 fully saturated rings. The maximum Gasteiger partial charge on any atom is 0.251 e. The van der Waals surface area contributed by atoms with Crippen LogP contribution in [0.5, 0.6) is 0 Å². The summed E-state index contributed by atoms with van der Waals surface area (Å²) < 4.78 is 5.58. The highest BCUT2D eigenvalue weighted by molar-refractivity contribution is 6.21. The predicted molar refractivity (Wildman–Crippen MR) is 74.6 cm³/mol. The largest absolute Gasteiger partial charge is 0.378 e. The molecule has 2 aliphatic heterocycles. The minimum atomic E-state index is -0.0787. The monoisotopic (exact) mass is 279 g/mol. The van der Waals surface area contributed by atoms with Crippen LogP contribution in [-0.4, -0.2) is 25.2 Å². The van der Waals surface area contributed by atoms with E-state index in [2.05, 4.69) is 18.3 Å². The van der Waals surface area contributed by atoms with Gasteiger partial charge in [-0.1, -0.05) is 12.1 Å². The van der Waals surface area contributed by atoms with Gasteiger partial charge in [-0.15, -0.1) is 11.6 Å². The molecule has 1 N–H and O–H groups in total. The molecule has 3 unspecified atom stereocenters. The Bertz CT molecular complexity index is 503. The summed E-state index contributed by atoms with van der Waals surface area (Å²) in [4.78, 5) is 11.9. The Labute approximate surface area is 118 Å². The second kappa shape index (κ2) is 5.14. The molecule has 2 heterocycles. The van der Waals surface area contributed by atoms with E-state index in [0.717, 1.165) is 36.1 Å². The van der Waals surface area contributed by atoms with E-state index >= 15 is 0 Å². The fourth-order valence-corrected chi connectivity index (χ4v) is 3.24. The van der Waals surface area contributed by atoms with E-state index in [1.165, 1.54) is 0 Å². The highest BCUT2D eigenvalue weighted by Gasteiger charge is 2.30. The van der Waals surface area contributed by atoms with Gasteiger partial charge in [0.15, 0.2) is 0 Å². The molecule has 1 aromatic carbocycles. The molecule has 0 aromatic heterocycles. The molecular weight excluding hydrogens is 262 g/mol. The lowest BCUT2D eigenvalue weighted by atomic mass is 9.92. The van der Waals surface area contributed by atoms with E-state index in [1.807, 2.05) is 12.1 Å². The smallest absolute Gasteiger partial charge is 0.251 e. The summed E-state index contributed by atoms with van der Waals surface area (Å²) in [6.07, 6.45) is 2.17. The number of benzene rings is 1. The van der Waals surface area contributed by atoms with Crippen LogP contribution in [-0.2, 0) is 11.2 Å². The minimum absolute atomic E-state index is 0.0167. The number of fused-ring (bicyclic) bond motifs is 1.